The number of ketones is 1. The molecule has 0 amide bonds. The van der Waals surface area contributed by atoms with Crippen molar-refractivity contribution < 1.29 is 43.2 Å². The number of benzene rings is 2. The van der Waals surface area contributed by atoms with E-state index in [0.717, 1.165) is 23.3 Å². The van der Waals surface area contributed by atoms with E-state index in [2.05, 4.69) is 35.2 Å². The molecule has 0 fully saturated rings. The van der Waals surface area contributed by atoms with Crippen molar-refractivity contribution in [2.45, 2.75) is 32.9 Å². The first-order valence-corrected chi connectivity index (χ1v) is 8.89. The second-order valence-corrected chi connectivity index (χ2v) is 6.47. The van der Waals surface area contributed by atoms with Crippen LogP contribution in [0.1, 0.15) is 30.0 Å². The van der Waals surface area contributed by atoms with Gasteiger partial charge in [-0.05, 0) is 43.3 Å². The summed E-state index contributed by atoms with van der Waals surface area (Å²) in [6.07, 6.45) is 0.245. The number of hydrogen-bond donors (Lipinski definition) is 1. The van der Waals surface area contributed by atoms with Crippen LogP contribution >= 0.6 is 0 Å². The van der Waals surface area contributed by atoms with Gasteiger partial charge in [0, 0.05) is 12.0 Å². The van der Waals surface area contributed by atoms with Gasteiger partial charge in [0.1, 0.15) is 25.0 Å². The van der Waals surface area contributed by atoms with E-state index in [-0.39, 0.29) is 36.4 Å². The monoisotopic (exact) mass is 480 g/mol. The summed E-state index contributed by atoms with van der Waals surface area (Å²) in [5, 5.41) is 10.5. The Kier molecular flexibility index (Phi) is 7.38. The van der Waals surface area contributed by atoms with Crippen LogP contribution in [-0.4, -0.2) is 28.2 Å². The summed E-state index contributed by atoms with van der Waals surface area (Å²) in [6, 6.07) is 15.2. The average molecular weight is 480 g/mol. The number of carbonyl (C=O) groups excluding carboxylic acids is 1. The van der Waals surface area contributed by atoms with Crippen LogP contribution in [0.15, 0.2) is 48.5 Å². The molecule has 0 aliphatic carbocycles. The van der Waals surface area contributed by atoms with Crippen molar-refractivity contribution in [1.29, 1.82) is 0 Å². The minimum absolute atomic E-state index is 0. The van der Waals surface area contributed by atoms with Gasteiger partial charge in [-0.2, -0.15) is 0 Å². The highest BCUT2D eigenvalue weighted by atomic mass is 127. The number of halogens is 1. The van der Waals surface area contributed by atoms with E-state index in [4.69, 9.17) is 4.74 Å². The van der Waals surface area contributed by atoms with E-state index in [1.165, 1.54) is 6.92 Å². The lowest BCUT2D eigenvalue weighted by Crippen LogP contribution is -3.00. The van der Waals surface area contributed by atoms with Crippen LogP contribution in [0.5, 0.6) is 5.75 Å². The molecule has 0 aliphatic rings. The van der Waals surface area contributed by atoms with Crippen LogP contribution in [0.4, 0.5) is 0 Å². The molecule has 0 spiro atoms. The van der Waals surface area contributed by atoms with Crippen LogP contribution < -0.4 is 33.3 Å². The minimum atomic E-state index is -0.636. The Bertz CT molecular complexity index is 919. The van der Waals surface area contributed by atoms with E-state index < -0.39 is 6.10 Å². The molecule has 1 unspecified atom stereocenters. The Labute approximate surface area is 176 Å². The fourth-order valence-corrected chi connectivity index (χ4v) is 3.31. The number of fused-ring (bicyclic) bond motifs is 1. The van der Waals surface area contributed by atoms with Crippen LogP contribution in [0.3, 0.4) is 0 Å². The summed E-state index contributed by atoms with van der Waals surface area (Å²) >= 11 is 0. The van der Waals surface area contributed by atoms with E-state index in [1.54, 1.807) is 24.3 Å². The number of rotatable bonds is 7. The van der Waals surface area contributed by atoms with Crippen LogP contribution in [0, 0.1) is 0 Å². The first-order chi connectivity index (χ1) is 12.5. The highest BCUT2D eigenvalue weighted by molar-refractivity contribution is 5.94. The van der Waals surface area contributed by atoms with Gasteiger partial charge in [-0.15, -0.1) is 0 Å². The first-order valence-electron chi connectivity index (χ1n) is 8.89. The Morgan fingerprint density at radius 2 is 1.85 bits per heavy atom. The number of para-hydroxylation sites is 2. The van der Waals surface area contributed by atoms with Crippen LogP contribution in [0.2, 0.25) is 0 Å². The van der Waals surface area contributed by atoms with Gasteiger partial charge in [0.05, 0.1) is 7.05 Å². The summed E-state index contributed by atoms with van der Waals surface area (Å²) < 4.78 is 10.0. The quantitative estimate of drug-likeness (QED) is 0.287. The van der Waals surface area contributed by atoms with Gasteiger partial charge in [-0.1, -0.05) is 19.1 Å². The SMILES string of the molecule is CCc1n(CC(O)COc2ccc(C(C)=O)cc2)c2ccccc2[n+]1C.[I-]. The molecule has 0 aliphatic heterocycles. The van der Waals surface area contributed by atoms with E-state index in [1.807, 2.05) is 12.1 Å². The van der Waals surface area contributed by atoms with E-state index in [9.17, 15) is 9.90 Å². The first kappa shape index (κ1) is 21.4. The third kappa shape index (κ3) is 4.68. The maximum absolute atomic E-state index is 11.3. The van der Waals surface area contributed by atoms with Gasteiger partial charge in [0.2, 0.25) is 0 Å². The molecule has 1 N–H and O–H groups in total. The fourth-order valence-electron chi connectivity index (χ4n) is 3.31. The summed E-state index contributed by atoms with van der Waals surface area (Å²) in [4.78, 5) is 11.3. The number of imidazole rings is 1. The van der Waals surface area contributed by atoms with Crippen LogP contribution in [0.25, 0.3) is 11.0 Å². The molecule has 3 rings (SSSR count). The van der Waals surface area contributed by atoms with Gasteiger partial charge in [-0.3, -0.25) is 4.79 Å². The number of carbonyl (C=O) groups is 1. The van der Waals surface area contributed by atoms with Crippen LogP contribution in [-0.2, 0) is 20.0 Å². The maximum atomic E-state index is 11.3. The molecular formula is C21H25IN2O3. The molecule has 27 heavy (non-hydrogen) atoms. The van der Waals surface area contributed by atoms with E-state index >= 15 is 0 Å². The predicted molar refractivity (Wildman–Crippen MR) is 100 cm³/mol. The highest BCUT2D eigenvalue weighted by Crippen LogP contribution is 2.16. The lowest BCUT2D eigenvalue weighted by atomic mass is 10.1. The van der Waals surface area contributed by atoms with Crippen molar-refractivity contribution >= 4 is 16.8 Å². The number of aryl methyl sites for hydroxylation is 1. The summed E-state index contributed by atoms with van der Waals surface area (Å²) in [5.74, 6) is 1.83. The van der Waals surface area contributed by atoms with E-state index in [0.29, 0.717) is 17.9 Å². The molecule has 0 radical (unpaired) electrons. The van der Waals surface area contributed by atoms with Gasteiger partial charge in [0.15, 0.2) is 16.8 Å². The molecule has 3 aromatic rings. The fraction of sp³-hybridized carbons (Fsp3) is 0.333. The lowest BCUT2D eigenvalue weighted by Gasteiger charge is -2.12. The largest absolute Gasteiger partial charge is 1.00 e. The van der Waals surface area contributed by atoms with Crippen molar-refractivity contribution in [3.8, 4) is 5.75 Å². The number of hydrogen-bond acceptors (Lipinski definition) is 3. The normalized spacial score (nSPS) is 11.9. The minimum Gasteiger partial charge on any atom is -1.00 e. The second kappa shape index (κ2) is 9.32. The number of aliphatic hydroxyl groups is 1. The standard InChI is InChI=1S/C21H25N2O3.HI/c1-4-21-22(3)19-7-5-6-8-20(19)23(21)13-17(25)14-26-18-11-9-16(10-12-18)15(2)24;/h5-12,17,25H,4,13-14H2,1-3H3;1H/q+1;/p-1. The zero-order valence-corrected chi connectivity index (χ0v) is 18.0. The molecule has 5 nitrogen and oxygen atoms in total. The Morgan fingerprint density at radius 1 is 1.19 bits per heavy atom. The zero-order valence-electron chi connectivity index (χ0n) is 15.9. The van der Waals surface area contributed by atoms with Crippen molar-refractivity contribution in [3.05, 3.63) is 59.9 Å². The molecule has 144 valence electrons. The maximum Gasteiger partial charge on any atom is 0.256 e. The zero-order chi connectivity index (χ0) is 18.7. The Morgan fingerprint density at radius 3 is 2.48 bits per heavy atom. The lowest BCUT2D eigenvalue weighted by molar-refractivity contribution is -0.653. The average Bonchev–Trinajstić information content (AvgIpc) is 2.92. The van der Waals surface area contributed by atoms with Gasteiger partial charge >= 0.3 is 0 Å². The summed E-state index contributed by atoms with van der Waals surface area (Å²) in [6.45, 7) is 4.31. The molecule has 1 atom stereocenters. The number of nitrogens with zero attached hydrogens (tertiary/aromatic N) is 2. The van der Waals surface area contributed by atoms with Crippen molar-refractivity contribution in [2.75, 3.05) is 6.61 Å². The number of aliphatic hydroxyl groups excluding tert-OH is 1. The number of ether oxygens (including phenoxy) is 1. The third-order valence-corrected chi connectivity index (χ3v) is 4.65. The molecule has 0 saturated heterocycles. The van der Waals surface area contributed by atoms with Crippen molar-refractivity contribution in [1.82, 2.24) is 4.57 Å². The second-order valence-electron chi connectivity index (χ2n) is 6.47. The number of Topliss-reactive ketones (excluding diaryl/α,β-unsaturated/α-hetero) is 1. The summed E-state index contributed by atoms with van der Waals surface area (Å²) in [5.41, 5.74) is 2.91. The molecule has 2 aromatic carbocycles. The smallest absolute Gasteiger partial charge is 0.256 e. The van der Waals surface area contributed by atoms with Gasteiger partial charge in [-0.25, -0.2) is 9.13 Å². The molecular weight excluding hydrogens is 455 g/mol. The highest BCUT2D eigenvalue weighted by Gasteiger charge is 2.23. The predicted octanol–water partition coefficient (Wildman–Crippen LogP) is -0.325. The third-order valence-electron chi connectivity index (χ3n) is 4.65. The Balaban J connectivity index is 0.00000261. The number of aromatic nitrogens is 2. The molecule has 1 heterocycles. The van der Waals surface area contributed by atoms with Crippen molar-refractivity contribution in [3.63, 3.8) is 0 Å². The van der Waals surface area contributed by atoms with Gasteiger partial charge in [0.25, 0.3) is 5.82 Å². The molecule has 1 aromatic heterocycles. The summed E-state index contributed by atoms with van der Waals surface area (Å²) in [7, 11) is 2.05. The Hall–Kier alpha value is -1.93. The molecule has 0 saturated carbocycles. The van der Waals surface area contributed by atoms with Crippen molar-refractivity contribution in [2.24, 2.45) is 7.05 Å². The topological polar surface area (TPSA) is 55.3 Å². The molecule has 0 bridgehead atoms. The molecule has 6 heteroatoms. The van der Waals surface area contributed by atoms with Gasteiger partial charge < -0.3 is 33.8 Å².